The zero-order chi connectivity index (χ0) is 47.7. The summed E-state index contributed by atoms with van der Waals surface area (Å²) in [6, 6.07) is 56.5. The van der Waals surface area contributed by atoms with Gasteiger partial charge >= 0.3 is 0 Å². The second kappa shape index (κ2) is 16.6. The molecule has 0 radical (unpaired) electrons. The lowest BCUT2D eigenvalue weighted by molar-refractivity contribution is -0.611. The molecule has 0 aliphatic rings. The van der Waals surface area contributed by atoms with Crippen LogP contribution < -0.4 is 9.30 Å². The molecule has 5 heteroatoms. The van der Waals surface area contributed by atoms with Gasteiger partial charge < -0.3 is 4.74 Å². The van der Waals surface area contributed by atoms with Crippen molar-refractivity contribution in [3.63, 3.8) is 0 Å². The number of ether oxygens (including phenoxy) is 1. The zero-order valence-electron chi connectivity index (χ0n) is 41.8. The van der Waals surface area contributed by atoms with Crippen LogP contribution in [0, 0.1) is 6.33 Å². The normalized spacial score (nSPS) is 12.9. The van der Waals surface area contributed by atoms with Crippen molar-refractivity contribution in [1.82, 2.24) is 14.1 Å². The average molecular weight is 883 g/mol. The Balaban J connectivity index is 1.18. The molecule has 67 heavy (non-hydrogen) atoms. The van der Waals surface area contributed by atoms with E-state index in [1.807, 2.05) is 6.20 Å². The third kappa shape index (κ3) is 8.39. The van der Waals surface area contributed by atoms with Crippen LogP contribution in [0.4, 0.5) is 0 Å². The Kier molecular flexibility index (Phi) is 11.2. The molecule has 3 aromatic heterocycles. The fourth-order valence-corrected chi connectivity index (χ4v) is 9.96. The quantitative estimate of drug-likeness (QED) is 0.107. The van der Waals surface area contributed by atoms with Crippen molar-refractivity contribution in [3.05, 3.63) is 209 Å². The van der Waals surface area contributed by atoms with E-state index in [-0.39, 0.29) is 27.1 Å². The highest BCUT2D eigenvalue weighted by molar-refractivity contribution is 6.11. The first-order valence-electron chi connectivity index (χ1n) is 23.8. The van der Waals surface area contributed by atoms with E-state index in [2.05, 4.69) is 268 Å². The van der Waals surface area contributed by atoms with Crippen molar-refractivity contribution in [2.45, 2.75) is 117 Å². The van der Waals surface area contributed by atoms with Gasteiger partial charge in [0.2, 0.25) is 0 Å². The molecule has 0 spiro atoms. The van der Waals surface area contributed by atoms with Gasteiger partial charge in [-0.3, -0.25) is 13.7 Å². The summed E-state index contributed by atoms with van der Waals surface area (Å²) in [6.45, 7) is 29.9. The highest BCUT2D eigenvalue weighted by atomic mass is 16.5. The lowest BCUT2D eigenvalue weighted by Crippen LogP contribution is -2.41. The summed E-state index contributed by atoms with van der Waals surface area (Å²) in [7, 11) is 0. The van der Waals surface area contributed by atoms with Crippen LogP contribution >= 0.6 is 0 Å². The fourth-order valence-electron chi connectivity index (χ4n) is 9.96. The van der Waals surface area contributed by atoms with Crippen LogP contribution in [0.5, 0.6) is 11.5 Å². The van der Waals surface area contributed by atoms with Gasteiger partial charge in [-0.25, -0.2) is 4.98 Å². The highest BCUT2D eigenvalue weighted by Gasteiger charge is 2.35. The summed E-state index contributed by atoms with van der Waals surface area (Å²) in [5, 5.41) is 2.41. The van der Waals surface area contributed by atoms with Crippen molar-refractivity contribution >= 4 is 21.8 Å². The van der Waals surface area contributed by atoms with Gasteiger partial charge in [-0.05, 0) is 98.7 Å². The Morgan fingerprint density at radius 2 is 1.09 bits per heavy atom. The van der Waals surface area contributed by atoms with Crippen LogP contribution in [0.1, 0.15) is 129 Å². The van der Waals surface area contributed by atoms with Gasteiger partial charge in [-0.15, -0.1) is 0 Å². The minimum Gasteiger partial charge on any atom is -0.458 e. The predicted octanol–water partition coefficient (Wildman–Crippen LogP) is 15.4. The molecule has 0 aliphatic heterocycles. The van der Waals surface area contributed by atoms with E-state index in [0.717, 1.165) is 39.7 Å². The number of imidazole rings is 1. The summed E-state index contributed by atoms with van der Waals surface area (Å²) in [4.78, 5) is 5.06. The molecule has 0 atom stereocenters. The second-order valence-electron chi connectivity index (χ2n) is 22.5. The van der Waals surface area contributed by atoms with Crippen LogP contribution in [0.3, 0.4) is 0 Å². The molecule has 0 aliphatic carbocycles. The number of para-hydroxylation sites is 1. The maximum Gasteiger partial charge on any atom is 0.269 e. The van der Waals surface area contributed by atoms with Gasteiger partial charge in [-0.2, -0.15) is 0 Å². The molecule has 0 saturated heterocycles. The van der Waals surface area contributed by atoms with Crippen molar-refractivity contribution in [2.75, 3.05) is 0 Å². The summed E-state index contributed by atoms with van der Waals surface area (Å²) in [5.74, 6) is 2.40. The second-order valence-corrected chi connectivity index (χ2v) is 22.5. The Morgan fingerprint density at radius 1 is 0.493 bits per heavy atom. The minimum absolute atomic E-state index is 0.189. The van der Waals surface area contributed by atoms with Crippen LogP contribution in [-0.4, -0.2) is 14.1 Å². The number of hydrogen-bond acceptors (Lipinski definition) is 2. The SMILES string of the molecule is CC(C)(C)c1cc(Oc2cccc(-n3[c-][n+](-c4cccc(C(C)(C)c5ccccc5)c4)c(C(C)(C)C)c3C(C)(C)C)c2)cc2c1c1ccccc1n2-c1cc(C(C)(C)c2ccccc2)ccn1. The van der Waals surface area contributed by atoms with Crippen LogP contribution in [0.25, 0.3) is 39.0 Å². The number of pyridine rings is 1. The highest BCUT2D eigenvalue weighted by Crippen LogP contribution is 2.43. The van der Waals surface area contributed by atoms with Crippen molar-refractivity contribution < 1.29 is 9.30 Å². The molecule has 3 heterocycles. The van der Waals surface area contributed by atoms with Gasteiger partial charge in [0.05, 0.1) is 33.8 Å². The molecule has 9 rings (SSSR count). The Hall–Kier alpha value is -6.72. The molecule has 9 aromatic rings. The first kappa shape index (κ1) is 45.4. The average Bonchev–Trinajstić information content (AvgIpc) is 3.88. The Morgan fingerprint density at radius 3 is 1.72 bits per heavy atom. The summed E-state index contributed by atoms with van der Waals surface area (Å²) >= 11 is 0. The van der Waals surface area contributed by atoms with Gasteiger partial charge in [0.25, 0.3) is 6.33 Å². The van der Waals surface area contributed by atoms with Gasteiger partial charge in [-0.1, -0.05) is 187 Å². The zero-order valence-corrected chi connectivity index (χ0v) is 41.8. The number of hydrogen-bond donors (Lipinski definition) is 0. The van der Waals surface area contributed by atoms with E-state index < -0.39 is 0 Å². The third-order valence-electron chi connectivity index (χ3n) is 13.7. The molecule has 0 amide bonds. The maximum atomic E-state index is 7.05. The smallest absolute Gasteiger partial charge is 0.269 e. The van der Waals surface area contributed by atoms with Crippen LogP contribution in [0.15, 0.2) is 164 Å². The lowest BCUT2D eigenvalue weighted by Gasteiger charge is -2.30. The van der Waals surface area contributed by atoms with Crippen LogP contribution in [-0.2, 0) is 27.1 Å². The number of nitrogens with zero attached hydrogens (tertiary/aromatic N) is 4. The predicted molar refractivity (Wildman–Crippen MR) is 278 cm³/mol. The molecular formula is C62H66N4O. The standard InChI is InChI=1S/C62H66N4O/c1-58(2,3)51-39-49(40-53-55(51)50-32-20-21-33-52(50)66(53)54-37-45(34-35-63-54)62(12,13)43-26-18-15-19-27-43)67-48-31-23-30-47(38-48)65-41-64(56(59(4,5)6)57(65)60(7,8)9)46-29-22-28-44(36-46)61(10,11)42-24-16-14-17-25-42/h14-40H,1-13H3. The molecule has 0 N–H and O–H groups in total. The van der Waals surface area contributed by atoms with Crippen molar-refractivity contribution in [3.8, 4) is 28.7 Å². The van der Waals surface area contributed by atoms with Crippen molar-refractivity contribution in [2.24, 2.45) is 0 Å². The molecule has 0 fully saturated rings. The van der Waals surface area contributed by atoms with Crippen molar-refractivity contribution in [1.29, 1.82) is 0 Å². The van der Waals surface area contributed by atoms with E-state index >= 15 is 0 Å². The lowest BCUT2D eigenvalue weighted by atomic mass is 9.78. The number of rotatable bonds is 9. The first-order valence-corrected chi connectivity index (χ1v) is 23.8. The van der Waals surface area contributed by atoms with E-state index in [0.29, 0.717) is 0 Å². The topological polar surface area (TPSA) is 35.9 Å². The monoisotopic (exact) mass is 883 g/mol. The van der Waals surface area contributed by atoms with Gasteiger partial charge in [0.15, 0.2) is 0 Å². The number of fused-ring (bicyclic) bond motifs is 3. The Bertz CT molecular complexity index is 3250. The van der Waals surface area contributed by atoms with E-state index in [9.17, 15) is 0 Å². The molecular weight excluding hydrogens is 817 g/mol. The number of aromatic nitrogens is 4. The molecule has 0 saturated carbocycles. The van der Waals surface area contributed by atoms with E-state index in [1.54, 1.807) is 0 Å². The van der Waals surface area contributed by atoms with Crippen LogP contribution in [0.2, 0.25) is 0 Å². The summed E-state index contributed by atoms with van der Waals surface area (Å²) in [5.41, 5.74) is 11.9. The largest absolute Gasteiger partial charge is 0.458 e. The van der Waals surface area contributed by atoms with E-state index in [4.69, 9.17) is 9.72 Å². The summed E-state index contributed by atoms with van der Waals surface area (Å²) < 4.78 is 13.9. The molecule has 340 valence electrons. The third-order valence-corrected chi connectivity index (χ3v) is 13.7. The molecule has 6 aromatic carbocycles. The van der Waals surface area contributed by atoms with Gasteiger partial charge in [0.1, 0.15) is 17.3 Å². The van der Waals surface area contributed by atoms with Gasteiger partial charge in [0, 0.05) is 33.9 Å². The number of benzene rings is 6. The minimum atomic E-state index is -0.228. The molecule has 0 unspecified atom stereocenters. The summed E-state index contributed by atoms with van der Waals surface area (Å²) in [6.07, 6.45) is 5.84. The Labute approximate surface area is 398 Å². The molecule has 5 nitrogen and oxygen atoms in total. The molecule has 0 bridgehead atoms. The maximum absolute atomic E-state index is 7.05. The van der Waals surface area contributed by atoms with E-state index in [1.165, 1.54) is 50.0 Å². The fraction of sp³-hybridized carbons (Fsp3) is 0.290. The first-order chi connectivity index (χ1) is 31.6.